The third-order valence-corrected chi connectivity index (χ3v) is 3.67. The van der Waals surface area contributed by atoms with Crippen LogP contribution in [0.5, 0.6) is 0 Å². The van der Waals surface area contributed by atoms with Crippen LogP contribution in [0.1, 0.15) is 18.5 Å². The van der Waals surface area contributed by atoms with Gasteiger partial charge in [0.2, 0.25) is 0 Å². The predicted octanol–water partition coefficient (Wildman–Crippen LogP) is 0.692. The van der Waals surface area contributed by atoms with Gasteiger partial charge < -0.3 is 5.11 Å². The summed E-state index contributed by atoms with van der Waals surface area (Å²) in [4.78, 5) is 4.95. The molecule has 0 fully saturated rings. The average molecular weight is 321 g/mol. The van der Waals surface area contributed by atoms with E-state index in [-0.39, 0.29) is 12.1 Å². The fourth-order valence-electron chi connectivity index (χ4n) is 2.39. The molecule has 0 bridgehead atoms. The number of hydrogen-bond acceptors (Lipinski definition) is 6. The molecule has 2 heterocycles. The van der Waals surface area contributed by atoms with Crippen molar-refractivity contribution in [2.24, 2.45) is 0 Å². The molecule has 1 N–H and O–H groups in total. The van der Waals surface area contributed by atoms with E-state index < -0.39 is 23.3 Å². The average Bonchev–Trinajstić information content (AvgIpc) is 3.19. The van der Waals surface area contributed by atoms with Crippen molar-refractivity contribution >= 4 is 0 Å². The molecule has 8 nitrogen and oxygen atoms in total. The van der Waals surface area contributed by atoms with E-state index in [1.54, 1.807) is 6.92 Å². The van der Waals surface area contributed by atoms with Gasteiger partial charge in [-0.25, -0.2) is 18.4 Å². The predicted molar refractivity (Wildman–Crippen MR) is 72.8 cm³/mol. The Labute approximate surface area is 129 Å². The number of tetrazole rings is 1. The molecule has 0 saturated heterocycles. The van der Waals surface area contributed by atoms with Crippen LogP contribution in [-0.2, 0) is 12.1 Å². The van der Waals surface area contributed by atoms with Gasteiger partial charge in [-0.3, -0.25) is 0 Å². The number of halogens is 2. The molecule has 2 aromatic heterocycles. The molecule has 0 aliphatic heterocycles. The normalized spacial score (nSPS) is 15.3. The van der Waals surface area contributed by atoms with Crippen LogP contribution in [0.25, 0.3) is 0 Å². The molecule has 0 saturated carbocycles. The minimum Gasteiger partial charge on any atom is -0.381 e. The van der Waals surface area contributed by atoms with Gasteiger partial charge in [-0.05, 0) is 18.2 Å². The minimum atomic E-state index is -1.80. The molecule has 120 valence electrons. The zero-order chi connectivity index (χ0) is 16.4. The molecule has 0 radical (unpaired) electrons. The van der Waals surface area contributed by atoms with E-state index in [4.69, 9.17) is 0 Å². The summed E-state index contributed by atoms with van der Waals surface area (Å²) in [6, 6.07) is 2.18. The smallest absolute Gasteiger partial charge is 0.162 e. The maximum atomic E-state index is 14.3. The van der Waals surface area contributed by atoms with E-state index in [2.05, 4.69) is 25.5 Å². The standard InChI is InChI=1S/C13H13F2N7O/c1-9(22-19-7-17-20-22)13(23,5-21-8-16-6-18-21)11-3-2-10(14)4-12(11)15/h2-4,6-9,23H,5H2,1H3. The fraction of sp³-hybridized carbons (Fsp3) is 0.308. The first kappa shape index (κ1) is 15.2. The molecule has 10 heteroatoms. The van der Waals surface area contributed by atoms with E-state index in [1.165, 1.54) is 29.7 Å². The second-order valence-corrected chi connectivity index (χ2v) is 5.07. The Morgan fingerprint density at radius 2 is 2.09 bits per heavy atom. The van der Waals surface area contributed by atoms with Crippen LogP contribution >= 0.6 is 0 Å². The van der Waals surface area contributed by atoms with E-state index in [9.17, 15) is 13.9 Å². The molecule has 0 aliphatic rings. The highest BCUT2D eigenvalue weighted by molar-refractivity contribution is 5.26. The first-order valence-corrected chi connectivity index (χ1v) is 6.73. The summed E-state index contributed by atoms with van der Waals surface area (Å²) >= 11 is 0. The van der Waals surface area contributed by atoms with Crippen LogP contribution in [0.15, 0.2) is 37.2 Å². The van der Waals surface area contributed by atoms with Gasteiger partial charge in [0.05, 0.1) is 6.54 Å². The molecule has 2 unspecified atom stereocenters. The Hall–Kier alpha value is -2.75. The van der Waals surface area contributed by atoms with Gasteiger partial charge >= 0.3 is 0 Å². The highest BCUT2D eigenvalue weighted by Crippen LogP contribution is 2.35. The summed E-state index contributed by atoms with van der Waals surface area (Å²) in [5.41, 5.74) is -1.90. The maximum absolute atomic E-state index is 14.3. The molecule has 0 spiro atoms. The van der Waals surface area contributed by atoms with Crippen LogP contribution < -0.4 is 0 Å². The lowest BCUT2D eigenvalue weighted by Crippen LogP contribution is -2.41. The summed E-state index contributed by atoms with van der Waals surface area (Å²) in [7, 11) is 0. The Morgan fingerprint density at radius 3 is 2.70 bits per heavy atom. The Balaban J connectivity index is 2.08. The second-order valence-electron chi connectivity index (χ2n) is 5.07. The minimum absolute atomic E-state index is 0.0980. The zero-order valence-corrected chi connectivity index (χ0v) is 12.1. The summed E-state index contributed by atoms with van der Waals surface area (Å²) in [5.74, 6) is -1.61. The molecule has 0 amide bonds. The number of benzene rings is 1. The lowest BCUT2D eigenvalue weighted by molar-refractivity contribution is -0.0418. The van der Waals surface area contributed by atoms with Gasteiger partial charge in [-0.1, -0.05) is 6.07 Å². The van der Waals surface area contributed by atoms with Crippen LogP contribution in [-0.4, -0.2) is 40.1 Å². The molecule has 3 aromatic rings. The summed E-state index contributed by atoms with van der Waals surface area (Å²) < 4.78 is 28.8. The van der Waals surface area contributed by atoms with Crippen molar-refractivity contribution in [3.8, 4) is 0 Å². The monoisotopic (exact) mass is 321 g/mol. The molecule has 3 rings (SSSR count). The molecular weight excluding hydrogens is 308 g/mol. The third kappa shape index (κ3) is 2.80. The Bertz CT molecular complexity index is 778. The number of rotatable bonds is 5. The topological polar surface area (TPSA) is 94.5 Å². The van der Waals surface area contributed by atoms with Crippen LogP contribution in [0.4, 0.5) is 8.78 Å². The van der Waals surface area contributed by atoms with Crippen molar-refractivity contribution in [3.63, 3.8) is 0 Å². The number of nitrogens with zero attached hydrogens (tertiary/aromatic N) is 7. The number of aromatic nitrogens is 7. The summed E-state index contributed by atoms with van der Waals surface area (Å²) in [6.07, 6.45) is 3.88. The molecular formula is C13H13F2N7O. The highest BCUT2D eigenvalue weighted by Gasteiger charge is 2.41. The fourth-order valence-corrected chi connectivity index (χ4v) is 2.39. The maximum Gasteiger partial charge on any atom is 0.162 e. The van der Waals surface area contributed by atoms with Gasteiger partial charge in [0.25, 0.3) is 0 Å². The largest absolute Gasteiger partial charge is 0.381 e. The quantitative estimate of drug-likeness (QED) is 0.743. The van der Waals surface area contributed by atoms with E-state index in [0.717, 1.165) is 10.9 Å². The summed E-state index contributed by atoms with van der Waals surface area (Å²) in [5, 5.41) is 26.3. The highest BCUT2D eigenvalue weighted by atomic mass is 19.1. The van der Waals surface area contributed by atoms with E-state index in [1.807, 2.05) is 0 Å². The number of hydrogen-bond donors (Lipinski definition) is 1. The Morgan fingerprint density at radius 1 is 1.26 bits per heavy atom. The van der Waals surface area contributed by atoms with Crippen molar-refractivity contribution in [1.29, 1.82) is 0 Å². The van der Waals surface area contributed by atoms with Crippen LogP contribution in [0.2, 0.25) is 0 Å². The van der Waals surface area contributed by atoms with Gasteiger partial charge in [0.15, 0.2) is 6.33 Å². The van der Waals surface area contributed by atoms with E-state index >= 15 is 0 Å². The third-order valence-electron chi connectivity index (χ3n) is 3.67. The Kier molecular flexibility index (Phi) is 3.82. The van der Waals surface area contributed by atoms with Crippen molar-refractivity contribution in [3.05, 3.63) is 54.4 Å². The molecule has 1 aromatic carbocycles. The van der Waals surface area contributed by atoms with Crippen molar-refractivity contribution in [2.75, 3.05) is 0 Å². The van der Waals surface area contributed by atoms with Gasteiger partial charge in [-0.2, -0.15) is 9.90 Å². The lowest BCUT2D eigenvalue weighted by atomic mass is 9.86. The first-order valence-electron chi connectivity index (χ1n) is 6.73. The van der Waals surface area contributed by atoms with Crippen molar-refractivity contribution < 1.29 is 13.9 Å². The van der Waals surface area contributed by atoms with Gasteiger partial charge in [-0.15, -0.1) is 10.2 Å². The van der Waals surface area contributed by atoms with Crippen LogP contribution in [0, 0.1) is 11.6 Å². The molecule has 2 atom stereocenters. The molecule has 0 aliphatic carbocycles. The van der Waals surface area contributed by atoms with Crippen LogP contribution in [0.3, 0.4) is 0 Å². The lowest BCUT2D eigenvalue weighted by Gasteiger charge is -2.33. The number of aliphatic hydroxyl groups is 1. The van der Waals surface area contributed by atoms with Gasteiger partial charge in [0.1, 0.15) is 35.9 Å². The summed E-state index contributed by atoms with van der Waals surface area (Å²) in [6.45, 7) is 1.47. The van der Waals surface area contributed by atoms with E-state index in [0.29, 0.717) is 6.07 Å². The molecule has 23 heavy (non-hydrogen) atoms. The van der Waals surface area contributed by atoms with Gasteiger partial charge in [0, 0.05) is 11.6 Å². The SMILES string of the molecule is CC(n1ncnn1)C(O)(Cn1cncn1)c1ccc(F)cc1F. The first-order chi connectivity index (χ1) is 11.0. The van der Waals surface area contributed by atoms with Crippen molar-refractivity contribution in [1.82, 2.24) is 35.0 Å². The van der Waals surface area contributed by atoms with Crippen molar-refractivity contribution in [2.45, 2.75) is 25.1 Å². The zero-order valence-electron chi connectivity index (χ0n) is 12.1. The second kappa shape index (κ2) is 5.80.